The summed E-state index contributed by atoms with van der Waals surface area (Å²) in [4.78, 5) is 6.69. The molecule has 4 rings (SSSR count). The van der Waals surface area contributed by atoms with Crippen LogP contribution in [0.4, 0.5) is 13.2 Å². The maximum absolute atomic E-state index is 12.9. The number of piperidine rings is 1. The Morgan fingerprint density at radius 1 is 1.00 bits per heavy atom. The number of halogens is 3. The van der Waals surface area contributed by atoms with Crippen molar-refractivity contribution in [3.05, 3.63) is 66.0 Å². The van der Waals surface area contributed by atoms with Gasteiger partial charge in [-0.25, -0.2) is 4.98 Å². The number of alkyl halides is 3. The maximum Gasteiger partial charge on any atom is 0.416 e. The molecule has 1 fully saturated rings. The van der Waals surface area contributed by atoms with E-state index in [9.17, 15) is 13.2 Å². The van der Waals surface area contributed by atoms with Gasteiger partial charge in [-0.05, 0) is 55.6 Å². The summed E-state index contributed by atoms with van der Waals surface area (Å²) in [5.41, 5.74) is 2.33. The third-order valence-electron chi connectivity index (χ3n) is 5.35. The van der Waals surface area contributed by atoms with Crippen molar-refractivity contribution >= 4 is 11.0 Å². The Labute approximate surface area is 156 Å². The fourth-order valence-electron chi connectivity index (χ4n) is 3.87. The van der Waals surface area contributed by atoms with Crippen LogP contribution in [0, 0.1) is 5.92 Å². The second-order valence-corrected chi connectivity index (χ2v) is 7.30. The molecule has 0 spiro atoms. The fraction of sp³-hybridized carbons (Fsp3) is 0.381. The zero-order chi connectivity index (χ0) is 18.9. The van der Waals surface area contributed by atoms with E-state index in [1.165, 1.54) is 12.1 Å². The highest BCUT2D eigenvalue weighted by Gasteiger charge is 2.30. The first-order valence-corrected chi connectivity index (χ1v) is 9.27. The summed E-state index contributed by atoms with van der Waals surface area (Å²) in [6.45, 7) is 3.34. The lowest BCUT2D eigenvalue weighted by molar-refractivity contribution is -0.137. The van der Waals surface area contributed by atoms with Gasteiger partial charge in [0.25, 0.3) is 0 Å². The first kappa shape index (κ1) is 18.0. The van der Waals surface area contributed by atoms with E-state index in [4.69, 9.17) is 0 Å². The number of fused-ring (bicyclic) bond motifs is 1. The van der Waals surface area contributed by atoms with E-state index in [0.717, 1.165) is 55.1 Å². The van der Waals surface area contributed by atoms with E-state index in [-0.39, 0.29) is 0 Å². The highest BCUT2D eigenvalue weighted by Crippen LogP contribution is 2.30. The van der Waals surface area contributed by atoms with Gasteiger partial charge in [0.05, 0.1) is 22.9 Å². The molecule has 3 aromatic rings. The van der Waals surface area contributed by atoms with E-state index in [0.29, 0.717) is 12.5 Å². The molecule has 1 aromatic heterocycles. The molecule has 0 bridgehead atoms. The average molecular weight is 373 g/mol. The van der Waals surface area contributed by atoms with Gasteiger partial charge in [0.2, 0.25) is 0 Å². The summed E-state index contributed by atoms with van der Waals surface area (Å²) < 4.78 is 40.8. The minimum atomic E-state index is -4.28. The lowest BCUT2D eigenvalue weighted by Crippen LogP contribution is -2.34. The molecule has 2 heterocycles. The molecule has 0 amide bonds. The van der Waals surface area contributed by atoms with Gasteiger partial charge in [-0.15, -0.1) is 0 Å². The smallest absolute Gasteiger partial charge is 0.330 e. The van der Waals surface area contributed by atoms with Crippen LogP contribution in [-0.4, -0.2) is 27.5 Å². The van der Waals surface area contributed by atoms with Crippen LogP contribution in [-0.2, 0) is 19.3 Å². The van der Waals surface area contributed by atoms with Crippen molar-refractivity contribution in [3.8, 4) is 0 Å². The molecule has 0 saturated carbocycles. The Balaban J connectivity index is 1.34. The van der Waals surface area contributed by atoms with Gasteiger partial charge >= 0.3 is 6.18 Å². The van der Waals surface area contributed by atoms with Gasteiger partial charge in [-0.2, -0.15) is 13.2 Å². The minimum absolute atomic E-state index is 0.568. The largest absolute Gasteiger partial charge is 0.416 e. The Bertz CT molecular complexity index is 908. The number of rotatable bonds is 4. The number of para-hydroxylation sites is 2. The molecule has 0 atom stereocenters. The molecule has 0 aliphatic carbocycles. The summed E-state index contributed by atoms with van der Waals surface area (Å²) >= 11 is 0. The molecule has 3 nitrogen and oxygen atoms in total. The maximum atomic E-state index is 12.9. The van der Waals surface area contributed by atoms with Crippen LogP contribution in [0.1, 0.15) is 24.0 Å². The summed E-state index contributed by atoms with van der Waals surface area (Å²) in [6.07, 6.45) is -0.285. The number of hydrogen-bond donors (Lipinski definition) is 0. The highest BCUT2D eigenvalue weighted by atomic mass is 19.4. The molecular weight excluding hydrogens is 351 g/mol. The van der Waals surface area contributed by atoms with Gasteiger partial charge in [-0.1, -0.05) is 30.3 Å². The molecule has 0 unspecified atom stereocenters. The first-order valence-electron chi connectivity index (χ1n) is 9.27. The molecule has 142 valence electrons. The Morgan fingerprint density at radius 2 is 1.78 bits per heavy atom. The SMILES string of the molecule is FC(F)(F)c1cccc(CN2CCC(Cn3cnc4ccccc43)CC2)c1. The predicted octanol–water partition coefficient (Wildman–Crippen LogP) is 4.97. The number of imidazole rings is 1. The Morgan fingerprint density at radius 3 is 2.56 bits per heavy atom. The van der Waals surface area contributed by atoms with E-state index < -0.39 is 11.7 Å². The quantitative estimate of drug-likeness (QED) is 0.644. The van der Waals surface area contributed by atoms with Gasteiger partial charge in [-0.3, -0.25) is 4.90 Å². The van der Waals surface area contributed by atoms with Crippen LogP contribution >= 0.6 is 0 Å². The summed E-state index contributed by atoms with van der Waals surface area (Å²) in [5.74, 6) is 0.570. The third kappa shape index (κ3) is 4.16. The molecule has 1 aliphatic rings. The van der Waals surface area contributed by atoms with E-state index in [1.54, 1.807) is 6.07 Å². The van der Waals surface area contributed by atoms with Crippen molar-refractivity contribution in [1.82, 2.24) is 14.5 Å². The van der Waals surface area contributed by atoms with Crippen LogP contribution in [0.2, 0.25) is 0 Å². The minimum Gasteiger partial charge on any atom is -0.330 e. The number of aromatic nitrogens is 2. The van der Waals surface area contributed by atoms with E-state index in [2.05, 4.69) is 20.5 Å². The van der Waals surface area contributed by atoms with Crippen molar-refractivity contribution in [1.29, 1.82) is 0 Å². The summed E-state index contributed by atoms with van der Waals surface area (Å²) in [7, 11) is 0. The zero-order valence-corrected chi connectivity index (χ0v) is 15.0. The molecule has 0 N–H and O–H groups in total. The molecular formula is C21H22F3N3. The van der Waals surface area contributed by atoms with Gasteiger partial charge in [0.15, 0.2) is 0 Å². The Hall–Kier alpha value is -2.34. The van der Waals surface area contributed by atoms with Gasteiger partial charge < -0.3 is 4.57 Å². The van der Waals surface area contributed by atoms with Gasteiger partial charge in [0.1, 0.15) is 0 Å². The normalized spacial score (nSPS) is 16.9. The predicted molar refractivity (Wildman–Crippen MR) is 99.2 cm³/mol. The number of benzene rings is 2. The monoisotopic (exact) mass is 373 g/mol. The number of likely N-dealkylation sites (tertiary alicyclic amines) is 1. The molecule has 1 saturated heterocycles. The average Bonchev–Trinajstić information content (AvgIpc) is 3.06. The van der Waals surface area contributed by atoms with E-state index in [1.807, 2.05) is 24.5 Å². The van der Waals surface area contributed by atoms with Crippen LogP contribution in [0.15, 0.2) is 54.9 Å². The van der Waals surface area contributed by atoms with Crippen LogP contribution < -0.4 is 0 Å². The zero-order valence-electron chi connectivity index (χ0n) is 15.0. The fourth-order valence-corrected chi connectivity index (χ4v) is 3.87. The Kier molecular flexibility index (Phi) is 4.91. The van der Waals surface area contributed by atoms with Crippen LogP contribution in [0.5, 0.6) is 0 Å². The van der Waals surface area contributed by atoms with Gasteiger partial charge in [0, 0.05) is 13.1 Å². The summed E-state index contributed by atoms with van der Waals surface area (Å²) in [5, 5.41) is 0. The van der Waals surface area contributed by atoms with Crippen molar-refractivity contribution in [2.24, 2.45) is 5.92 Å². The van der Waals surface area contributed by atoms with Crippen molar-refractivity contribution in [3.63, 3.8) is 0 Å². The van der Waals surface area contributed by atoms with Crippen molar-refractivity contribution in [2.75, 3.05) is 13.1 Å². The third-order valence-corrected chi connectivity index (χ3v) is 5.35. The molecule has 2 aromatic carbocycles. The van der Waals surface area contributed by atoms with Crippen molar-refractivity contribution in [2.45, 2.75) is 32.1 Å². The number of hydrogen-bond acceptors (Lipinski definition) is 2. The lowest BCUT2D eigenvalue weighted by Gasteiger charge is -2.32. The van der Waals surface area contributed by atoms with Crippen molar-refractivity contribution < 1.29 is 13.2 Å². The standard InChI is InChI=1S/C21H22F3N3/c22-21(23,24)18-5-3-4-17(12-18)13-26-10-8-16(9-11-26)14-27-15-25-19-6-1-2-7-20(19)27/h1-7,12,15-16H,8-11,13-14H2. The van der Waals surface area contributed by atoms with Crippen LogP contribution in [0.25, 0.3) is 11.0 Å². The number of nitrogens with zero attached hydrogens (tertiary/aromatic N) is 3. The molecule has 1 aliphatic heterocycles. The van der Waals surface area contributed by atoms with Crippen LogP contribution in [0.3, 0.4) is 0 Å². The summed E-state index contributed by atoms with van der Waals surface area (Å²) in [6, 6.07) is 13.8. The molecule has 6 heteroatoms. The lowest BCUT2D eigenvalue weighted by atomic mass is 9.96. The molecule has 0 radical (unpaired) electrons. The second kappa shape index (κ2) is 7.35. The first-order chi connectivity index (χ1) is 13.0. The van der Waals surface area contributed by atoms with E-state index >= 15 is 0 Å². The highest BCUT2D eigenvalue weighted by molar-refractivity contribution is 5.74. The molecule has 27 heavy (non-hydrogen) atoms. The topological polar surface area (TPSA) is 21.1 Å². The second-order valence-electron chi connectivity index (χ2n) is 7.30.